The highest BCUT2D eigenvalue weighted by molar-refractivity contribution is 5.41. The SMILES string of the molecule is C[C@H]([NH2+]CCCC[NH2+][C@@H](C)[C@@H]1COc2ccccc2O1)[C@@H]1COc2ccccc2O1. The molecule has 0 fully saturated rings. The molecule has 2 aliphatic rings. The summed E-state index contributed by atoms with van der Waals surface area (Å²) in [7, 11) is 0. The molecule has 6 heteroatoms. The molecule has 0 saturated carbocycles. The molecule has 6 nitrogen and oxygen atoms in total. The highest BCUT2D eigenvalue weighted by atomic mass is 16.6. The van der Waals surface area contributed by atoms with Crippen LogP contribution in [0.2, 0.25) is 0 Å². The quantitative estimate of drug-likeness (QED) is 0.608. The van der Waals surface area contributed by atoms with Crippen LogP contribution in [0.15, 0.2) is 48.5 Å². The molecule has 162 valence electrons. The van der Waals surface area contributed by atoms with Crippen molar-refractivity contribution in [1.82, 2.24) is 0 Å². The van der Waals surface area contributed by atoms with Gasteiger partial charge in [-0.3, -0.25) is 0 Å². The molecule has 4 atom stereocenters. The number of hydrogen-bond acceptors (Lipinski definition) is 4. The second-order valence-corrected chi connectivity index (χ2v) is 8.30. The number of para-hydroxylation sites is 4. The Labute approximate surface area is 178 Å². The standard InChI is InChI=1S/C24H32N2O4/c1-17(23-15-27-19-9-3-5-11-21(19)29-23)25-13-7-8-14-26-18(2)24-16-28-20-10-4-6-12-22(20)30-24/h3-6,9-12,17-18,23-26H,7-8,13-16H2,1-2H3/p+2/t17-,18-,23-,24-/m0/s1. The summed E-state index contributed by atoms with van der Waals surface area (Å²) in [4.78, 5) is 0. The van der Waals surface area contributed by atoms with Crippen molar-refractivity contribution in [2.24, 2.45) is 0 Å². The van der Waals surface area contributed by atoms with E-state index in [4.69, 9.17) is 18.9 Å². The number of benzene rings is 2. The van der Waals surface area contributed by atoms with E-state index in [9.17, 15) is 0 Å². The van der Waals surface area contributed by atoms with E-state index in [-0.39, 0.29) is 12.2 Å². The molecule has 4 N–H and O–H groups in total. The van der Waals surface area contributed by atoms with Gasteiger partial charge in [0, 0.05) is 12.8 Å². The number of ether oxygens (including phenoxy) is 4. The van der Waals surface area contributed by atoms with Gasteiger partial charge in [-0.15, -0.1) is 0 Å². The maximum atomic E-state index is 6.11. The highest BCUT2D eigenvalue weighted by Crippen LogP contribution is 2.32. The van der Waals surface area contributed by atoms with Gasteiger partial charge < -0.3 is 29.6 Å². The van der Waals surface area contributed by atoms with Gasteiger partial charge in [0.05, 0.1) is 13.1 Å². The van der Waals surface area contributed by atoms with Crippen LogP contribution in [0.5, 0.6) is 23.0 Å². The second-order valence-electron chi connectivity index (χ2n) is 8.30. The molecule has 2 aliphatic heterocycles. The fourth-order valence-corrected chi connectivity index (χ4v) is 3.94. The molecule has 0 bridgehead atoms. The first kappa shape index (κ1) is 20.8. The average Bonchev–Trinajstić information content (AvgIpc) is 2.80. The predicted octanol–water partition coefficient (Wildman–Crippen LogP) is 1.35. The predicted molar refractivity (Wildman–Crippen MR) is 114 cm³/mol. The van der Waals surface area contributed by atoms with E-state index in [2.05, 4.69) is 24.5 Å². The Morgan fingerprint density at radius 3 is 1.53 bits per heavy atom. The summed E-state index contributed by atoms with van der Waals surface area (Å²) in [5, 5.41) is 4.75. The van der Waals surface area contributed by atoms with Crippen molar-refractivity contribution in [1.29, 1.82) is 0 Å². The number of nitrogens with two attached hydrogens (primary N) is 2. The summed E-state index contributed by atoms with van der Waals surface area (Å²) in [5.74, 6) is 3.41. The van der Waals surface area contributed by atoms with E-state index in [1.54, 1.807) is 0 Å². The van der Waals surface area contributed by atoms with Crippen LogP contribution >= 0.6 is 0 Å². The van der Waals surface area contributed by atoms with Crippen molar-refractivity contribution in [2.75, 3.05) is 26.3 Å². The summed E-state index contributed by atoms with van der Waals surface area (Å²) in [6.07, 6.45) is 2.56. The molecular formula is C24H34N2O4+2. The maximum absolute atomic E-state index is 6.11. The summed E-state index contributed by atoms with van der Waals surface area (Å²) >= 11 is 0. The van der Waals surface area contributed by atoms with E-state index in [1.165, 1.54) is 12.8 Å². The Morgan fingerprint density at radius 1 is 0.700 bits per heavy atom. The summed E-state index contributed by atoms with van der Waals surface area (Å²) in [6, 6.07) is 16.5. The Balaban J connectivity index is 1.10. The highest BCUT2D eigenvalue weighted by Gasteiger charge is 2.29. The van der Waals surface area contributed by atoms with E-state index < -0.39 is 0 Å². The summed E-state index contributed by atoms with van der Waals surface area (Å²) < 4.78 is 23.9. The normalized spacial score (nSPS) is 21.7. The van der Waals surface area contributed by atoms with Crippen LogP contribution in [0.1, 0.15) is 26.7 Å². The molecular weight excluding hydrogens is 380 g/mol. The van der Waals surface area contributed by atoms with Crippen LogP contribution in [-0.4, -0.2) is 50.6 Å². The van der Waals surface area contributed by atoms with Crippen LogP contribution < -0.4 is 29.6 Å². The van der Waals surface area contributed by atoms with E-state index >= 15 is 0 Å². The Bertz CT molecular complexity index is 748. The third kappa shape index (κ3) is 5.18. The second kappa shape index (κ2) is 10.0. The minimum Gasteiger partial charge on any atom is -0.486 e. The monoisotopic (exact) mass is 414 g/mol. The molecule has 0 saturated heterocycles. The van der Waals surface area contributed by atoms with Crippen molar-refractivity contribution < 1.29 is 29.6 Å². The summed E-state index contributed by atoms with van der Waals surface area (Å²) in [5.41, 5.74) is 0. The Morgan fingerprint density at radius 2 is 1.10 bits per heavy atom. The van der Waals surface area contributed by atoms with Gasteiger partial charge in [0.1, 0.15) is 25.3 Å². The van der Waals surface area contributed by atoms with Gasteiger partial charge in [-0.25, -0.2) is 0 Å². The van der Waals surface area contributed by atoms with Crippen molar-refractivity contribution in [3.05, 3.63) is 48.5 Å². The van der Waals surface area contributed by atoms with Crippen LogP contribution in [-0.2, 0) is 0 Å². The average molecular weight is 415 g/mol. The number of hydrogen-bond donors (Lipinski definition) is 2. The summed E-state index contributed by atoms with van der Waals surface area (Å²) in [6.45, 7) is 7.87. The third-order valence-corrected chi connectivity index (χ3v) is 5.97. The molecule has 0 aromatic heterocycles. The Hall–Kier alpha value is -2.44. The lowest BCUT2D eigenvalue weighted by atomic mass is 10.1. The lowest BCUT2D eigenvalue weighted by Crippen LogP contribution is -2.93. The van der Waals surface area contributed by atoms with Crippen molar-refractivity contribution in [3.63, 3.8) is 0 Å². The fourth-order valence-electron chi connectivity index (χ4n) is 3.94. The molecule has 4 rings (SSSR count). The molecule has 0 spiro atoms. The maximum Gasteiger partial charge on any atom is 0.184 e. The third-order valence-electron chi connectivity index (χ3n) is 5.97. The molecule has 2 heterocycles. The largest absolute Gasteiger partial charge is 0.486 e. The number of quaternary nitrogens is 2. The van der Waals surface area contributed by atoms with Crippen molar-refractivity contribution in [3.8, 4) is 23.0 Å². The fraction of sp³-hybridized carbons (Fsp3) is 0.500. The zero-order valence-electron chi connectivity index (χ0n) is 18.0. The van der Waals surface area contributed by atoms with Gasteiger partial charge in [0.25, 0.3) is 0 Å². The van der Waals surface area contributed by atoms with Gasteiger partial charge in [0.2, 0.25) is 0 Å². The first-order chi connectivity index (χ1) is 14.7. The number of fused-ring (bicyclic) bond motifs is 2. The lowest BCUT2D eigenvalue weighted by molar-refractivity contribution is -0.701. The van der Waals surface area contributed by atoms with Crippen molar-refractivity contribution in [2.45, 2.75) is 51.0 Å². The van der Waals surface area contributed by atoms with Gasteiger partial charge in [-0.2, -0.15) is 0 Å². The molecule has 30 heavy (non-hydrogen) atoms. The lowest BCUT2D eigenvalue weighted by Gasteiger charge is -2.29. The van der Waals surface area contributed by atoms with Crippen LogP contribution in [0.4, 0.5) is 0 Å². The first-order valence-electron chi connectivity index (χ1n) is 11.1. The van der Waals surface area contributed by atoms with E-state index in [0.29, 0.717) is 25.3 Å². The minimum absolute atomic E-state index is 0.0952. The van der Waals surface area contributed by atoms with Crippen LogP contribution in [0.3, 0.4) is 0 Å². The zero-order chi connectivity index (χ0) is 20.8. The van der Waals surface area contributed by atoms with Crippen molar-refractivity contribution >= 4 is 0 Å². The van der Waals surface area contributed by atoms with Crippen LogP contribution in [0.25, 0.3) is 0 Å². The van der Waals surface area contributed by atoms with Gasteiger partial charge in [0.15, 0.2) is 35.2 Å². The first-order valence-corrected chi connectivity index (χ1v) is 11.1. The molecule has 0 amide bonds. The van der Waals surface area contributed by atoms with Gasteiger partial charge in [-0.1, -0.05) is 24.3 Å². The van der Waals surface area contributed by atoms with Crippen LogP contribution in [0, 0.1) is 0 Å². The zero-order valence-corrected chi connectivity index (χ0v) is 18.0. The molecule has 0 unspecified atom stereocenters. The molecule has 0 radical (unpaired) electrons. The van der Waals surface area contributed by atoms with Gasteiger partial charge >= 0.3 is 0 Å². The number of rotatable bonds is 9. The Kier molecular flexibility index (Phi) is 6.97. The molecule has 2 aromatic rings. The van der Waals surface area contributed by atoms with E-state index in [1.807, 2.05) is 48.5 Å². The number of unbranched alkanes of at least 4 members (excludes halogenated alkanes) is 1. The van der Waals surface area contributed by atoms with E-state index in [0.717, 1.165) is 36.1 Å². The molecule has 0 aliphatic carbocycles. The topological polar surface area (TPSA) is 70.1 Å². The minimum atomic E-state index is 0.0952. The van der Waals surface area contributed by atoms with Gasteiger partial charge in [-0.05, 0) is 38.1 Å². The molecule has 2 aromatic carbocycles. The smallest absolute Gasteiger partial charge is 0.184 e.